The van der Waals surface area contributed by atoms with E-state index in [0.29, 0.717) is 18.9 Å². The minimum absolute atomic E-state index is 0.0283. The summed E-state index contributed by atoms with van der Waals surface area (Å²) in [6.45, 7) is 7.10. The molecule has 0 bridgehead atoms. The van der Waals surface area contributed by atoms with Gasteiger partial charge < -0.3 is 10.6 Å². The maximum Gasteiger partial charge on any atom is 0.226 e. The summed E-state index contributed by atoms with van der Waals surface area (Å²) in [4.78, 5) is 11.9. The molecule has 3 nitrogen and oxygen atoms in total. The largest absolute Gasteiger partial charge is 0.385 e. The summed E-state index contributed by atoms with van der Waals surface area (Å²) in [5.41, 5.74) is 4.50. The highest BCUT2D eigenvalue weighted by atomic mass is 16.1. The van der Waals surface area contributed by atoms with Gasteiger partial charge in [0.1, 0.15) is 0 Å². The standard InChI is InChI=1S/C20H26N2O/c1-4-16-5-9-19(10-6-16)22-20(23)13-14-21-18-11-7-17(8-12-18)15(2)3/h5-12,15,21H,4,13-14H2,1-3H3,(H,22,23). The van der Waals surface area contributed by atoms with Crippen LogP contribution in [0, 0.1) is 0 Å². The average molecular weight is 310 g/mol. The lowest BCUT2D eigenvalue weighted by Gasteiger charge is -2.10. The van der Waals surface area contributed by atoms with E-state index in [1.54, 1.807) is 0 Å². The van der Waals surface area contributed by atoms with Crippen LogP contribution in [0.1, 0.15) is 44.2 Å². The number of carbonyl (C=O) groups excluding carboxylic acids is 1. The van der Waals surface area contributed by atoms with E-state index >= 15 is 0 Å². The van der Waals surface area contributed by atoms with E-state index in [2.05, 4.69) is 55.7 Å². The molecule has 2 rings (SSSR count). The number of carbonyl (C=O) groups is 1. The summed E-state index contributed by atoms with van der Waals surface area (Å²) < 4.78 is 0. The van der Waals surface area contributed by atoms with Gasteiger partial charge in [0.2, 0.25) is 5.91 Å². The normalized spacial score (nSPS) is 10.6. The number of rotatable bonds is 7. The zero-order valence-electron chi connectivity index (χ0n) is 14.2. The Kier molecular flexibility index (Phi) is 6.21. The van der Waals surface area contributed by atoms with Gasteiger partial charge in [0.25, 0.3) is 0 Å². The van der Waals surface area contributed by atoms with Crippen molar-refractivity contribution in [1.29, 1.82) is 0 Å². The molecule has 2 aromatic rings. The smallest absolute Gasteiger partial charge is 0.226 e. The highest BCUT2D eigenvalue weighted by molar-refractivity contribution is 5.90. The second-order valence-corrected chi connectivity index (χ2v) is 6.05. The summed E-state index contributed by atoms with van der Waals surface area (Å²) in [5, 5.41) is 6.21. The van der Waals surface area contributed by atoms with E-state index in [0.717, 1.165) is 17.8 Å². The SMILES string of the molecule is CCc1ccc(NC(=O)CCNc2ccc(C(C)C)cc2)cc1. The van der Waals surface area contributed by atoms with Gasteiger partial charge in [-0.05, 0) is 47.7 Å². The van der Waals surface area contributed by atoms with Gasteiger partial charge in [-0.2, -0.15) is 0 Å². The number of aryl methyl sites for hydroxylation is 1. The Balaban J connectivity index is 1.75. The number of hydrogen-bond acceptors (Lipinski definition) is 2. The van der Waals surface area contributed by atoms with E-state index in [4.69, 9.17) is 0 Å². The lowest BCUT2D eigenvalue weighted by atomic mass is 10.0. The first-order chi connectivity index (χ1) is 11.1. The zero-order valence-corrected chi connectivity index (χ0v) is 14.2. The first-order valence-corrected chi connectivity index (χ1v) is 8.31. The van der Waals surface area contributed by atoms with E-state index in [1.165, 1.54) is 11.1 Å². The molecule has 0 unspecified atom stereocenters. The number of amides is 1. The maximum absolute atomic E-state index is 11.9. The molecule has 0 aromatic heterocycles. The highest BCUT2D eigenvalue weighted by Crippen LogP contribution is 2.17. The molecule has 0 fully saturated rings. The second-order valence-electron chi connectivity index (χ2n) is 6.05. The van der Waals surface area contributed by atoms with Crippen LogP contribution in [-0.4, -0.2) is 12.5 Å². The van der Waals surface area contributed by atoms with Gasteiger partial charge in [-0.3, -0.25) is 4.79 Å². The average Bonchev–Trinajstić information content (AvgIpc) is 2.56. The molecular weight excluding hydrogens is 284 g/mol. The zero-order chi connectivity index (χ0) is 16.7. The molecule has 0 radical (unpaired) electrons. The molecule has 0 saturated heterocycles. The van der Waals surface area contributed by atoms with E-state index in [9.17, 15) is 4.79 Å². The summed E-state index contributed by atoms with van der Waals surface area (Å²) in [5.74, 6) is 0.564. The van der Waals surface area contributed by atoms with E-state index in [1.807, 2.05) is 24.3 Å². The Bertz CT molecular complexity index is 615. The fraction of sp³-hybridized carbons (Fsp3) is 0.350. The van der Waals surface area contributed by atoms with Gasteiger partial charge in [-0.25, -0.2) is 0 Å². The molecular formula is C20H26N2O. The second kappa shape index (κ2) is 8.37. The van der Waals surface area contributed by atoms with Crippen LogP contribution in [-0.2, 0) is 11.2 Å². The summed E-state index contributed by atoms with van der Waals surface area (Å²) in [7, 11) is 0. The Morgan fingerprint density at radius 1 is 0.957 bits per heavy atom. The lowest BCUT2D eigenvalue weighted by Crippen LogP contribution is -2.16. The first kappa shape index (κ1) is 17.1. The summed E-state index contributed by atoms with van der Waals surface area (Å²) in [6.07, 6.45) is 1.45. The Hall–Kier alpha value is -2.29. The van der Waals surface area contributed by atoms with Gasteiger partial charge >= 0.3 is 0 Å². The minimum Gasteiger partial charge on any atom is -0.385 e. The van der Waals surface area contributed by atoms with Crippen LogP contribution in [0.15, 0.2) is 48.5 Å². The fourth-order valence-electron chi connectivity index (χ4n) is 2.35. The van der Waals surface area contributed by atoms with Crippen molar-refractivity contribution >= 4 is 17.3 Å². The van der Waals surface area contributed by atoms with Gasteiger partial charge in [-0.15, -0.1) is 0 Å². The van der Waals surface area contributed by atoms with Crippen LogP contribution in [0.2, 0.25) is 0 Å². The third kappa shape index (κ3) is 5.44. The van der Waals surface area contributed by atoms with Crippen molar-refractivity contribution in [1.82, 2.24) is 0 Å². The van der Waals surface area contributed by atoms with Crippen LogP contribution >= 0.6 is 0 Å². The molecule has 0 aliphatic carbocycles. The predicted molar refractivity (Wildman–Crippen MR) is 98.1 cm³/mol. The Labute approximate surface area is 139 Å². The van der Waals surface area contributed by atoms with E-state index in [-0.39, 0.29) is 5.91 Å². The van der Waals surface area contributed by atoms with Crippen LogP contribution in [0.4, 0.5) is 11.4 Å². The quantitative estimate of drug-likeness (QED) is 0.770. The first-order valence-electron chi connectivity index (χ1n) is 8.31. The van der Waals surface area contributed by atoms with Crippen molar-refractivity contribution in [2.75, 3.05) is 17.2 Å². The third-order valence-electron chi connectivity index (χ3n) is 3.90. The van der Waals surface area contributed by atoms with Crippen molar-refractivity contribution in [2.45, 2.75) is 39.5 Å². The lowest BCUT2D eigenvalue weighted by molar-refractivity contribution is -0.115. The molecule has 1 amide bonds. The Morgan fingerprint density at radius 2 is 1.57 bits per heavy atom. The summed E-state index contributed by atoms with van der Waals surface area (Å²) in [6, 6.07) is 16.4. The van der Waals surface area contributed by atoms with Crippen molar-refractivity contribution in [3.63, 3.8) is 0 Å². The van der Waals surface area contributed by atoms with Crippen LogP contribution in [0.5, 0.6) is 0 Å². The number of benzene rings is 2. The fourth-order valence-corrected chi connectivity index (χ4v) is 2.35. The van der Waals surface area contributed by atoms with Crippen LogP contribution in [0.25, 0.3) is 0 Å². The topological polar surface area (TPSA) is 41.1 Å². The van der Waals surface area contributed by atoms with Crippen LogP contribution in [0.3, 0.4) is 0 Å². The number of hydrogen-bond donors (Lipinski definition) is 2. The number of nitrogens with one attached hydrogen (secondary N) is 2. The van der Waals surface area contributed by atoms with Gasteiger partial charge in [0.05, 0.1) is 0 Å². The van der Waals surface area contributed by atoms with Gasteiger partial charge in [-0.1, -0.05) is 45.0 Å². The molecule has 0 aliphatic rings. The van der Waals surface area contributed by atoms with E-state index < -0.39 is 0 Å². The van der Waals surface area contributed by atoms with Crippen molar-refractivity contribution < 1.29 is 4.79 Å². The molecule has 0 heterocycles. The monoisotopic (exact) mass is 310 g/mol. The van der Waals surface area contributed by atoms with Gasteiger partial charge in [0, 0.05) is 24.3 Å². The number of anilines is 2. The molecule has 2 aromatic carbocycles. The molecule has 3 heteroatoms. The molecule has 0 atom stereocenters. The molecule has 2 N–H and O–H groups in total. The van der Waals surface area contributed by atoms with Gasteiger partial charge in [0.15, 0.2) is 0 Å². The predicted octanol–water partition coefficient (Wildman–Crippen LogP) is 4.81. The minimum atomic E-state index is 0.0283. The summed E-state index contributed by atoms with van der Waals surface area (Å²) >= 11 is 0. The van der Waals surface area contributed by atoms with Crippen molar-refractivity contribution in [3.05, 3.63) is 59.7 Å². The molecule has 0 spiro atoms. The Morgan fingerprint density at radius 3 is 2.13 bits per heavy atom. The maximum atomic E-state index is 11.9. The molecule has 0 aliphatic heterocycles. The van der Waals surface area contributed by atoms with Crippen LogP contribution < -0.4 is 10.6 Å². The van der Waals surface area contributed by atoms with Crippen molar-refractivity contribution in [3.8, 4) is 0 Å². The third-order valence-corrected chi connectivity index (χ3v) is 3.90. The molecule has 0 saturated carbocycles. The molecule has 122 valence electrons. The highest BCUT2D eigenvalue weighted by Gasteiger charge is 2.03. The molecule has 23 heavy (non-hydrogen) atoms. The van der Waals surface area contributed by atoms with Crippen molar-refractivity contribution in [2.24, 2.45) is 0 Å².